The van der Waals surface area contributed by atoms with Crippen LogP contribution in [0.2, 0.25) is 6.04 Å². The molecular formula is C9H22O2SSi. The summed E-state index contributed by atoms with van der Waals surface area (Å²) in [6.07, 6.45) is 6.46. The van der Waals surface area contributed by atoms with Crippen molar-refractivity contribution in [2.45, 2.75) is 38.1 Å². The fourth-order valence-electron chi connectivity index (χ4n) is 1.29. The van der Waals surface area contributed by atoms with Crippen molar-refractivity contribution in [2.24, 2.45) is 0 Å². The topological polar surface area (TPSA) is 18.5 Å². The molecule has 0 bridgehead atoms. The summed E-state index contributed by atoms with van der Waals surface area (Å²) in [5.74, 6) is 1.02. The Morgan fingerprint density at radius 1 is 0.923 bits per heavy atom. The standard InChI is InChI=1S/C9H22O2SSi/c1-10-13(11-2)9-7-5-3-4-6-8-12/h12-13H,3-9H2,1-2H3. The van der Waals surface area contributed by atoms with Gasteiger partial charge in [0.25, 0.3) is 0 Å². The predicted octanol–water partition coefficient (Wildman–Crippen LogP) is 2.38. The Hall–Kier alpha value is 0.487. The van der Waals surface area contributed by atoms with Crippen LogP contribution in [0.3, 0.4) is 0 Å². The van der Waals surface area contributed by atoms with E-state index in [1.54, 1.807) is 14.2 Å². The molecule has 0 aromatic carbocycles. The Balaban J connectivity index is 3.05. The first-order chi connectivity index (χ1) is 6.35. The highest BCUT2D eigenvalue weighted by atomic mass is 32.1. The van der Waals surface area contributed by atoms with E-state index in [-0.39, 0.29) is 0 Å². The maximum atomic E-state index is 5.23. The lowest BCUT2D eigenvalue weighted by molar-refractivity contribution is 0.276. The molecule has 2 nitrogen and oxygen atoms in total. The van der Waals surface area contributed by atoms with Gasteiger partial charge in [0.15, 0.2) is 0 Å². The van der Waals surface area contributed by atoms with Crippen LogP contribution in [-0.2, 0) is 8.85 Å². The highest BCUT2D eigenvalue weighted by Gasteiger charge is 2.07. The molecule has 0 saturated carbocycles. The van der Waals surface area contributed by atoms with Crippen LogP contribution in [0.25, 0.3) is 0 Å². The number of unbranched alkanes of at least 4 members (excludes halogenated alkanes) is 4. The van der Waals surface area contributed by atoms with Crippen LogP contribution in [0.1, 0.15) is 32.1 Å². The molecule has 0 rings (SSSR count). The van der Waals surface area contributed by atoms with Gasteiger partial charge < -0.3 is 8.85 Å². The van der Waals surface area contributed by atoms with Crippen molar-refractivity contribution >= 4 is 21.9 Å². The third-order valence-corrected chi connectivity index (χ3v) is 4.37. The summed E-state index contributed by atoms with van der Waals surface area (Å²) in [6, 6.07) is 1.15. The van der Waals surface area contributed by atoms with Crippen molar-refractivity contribution < 1.29 is 8.85 Å². The minimum atomic E-state index is -1.27. The lowest BCUT2D eigenvalue weighted by Crippen LogP contribution is -2.18. The minimum Gasteiger partial charge on any atom is -0.400 e. The summed E-state index contributed by atoms with van der Waals surface area (Å²) in [6.45, 7) is 0. The molecule has 0 atom stereocenters. The van der Waals surface area contributed by atoms with Gasteiger partial charge in [0.05, 0.1) is 0 Å². The van der Waals surface area contributed by atoms with Crippen LogP contribution in [0, 0.1) is 0 Å². The molecule has 0 saturated heterocycles. The van der Waals surface area contributed by atoms with E-state index in [2.05, 4.69) is 12.6 Å². The number of thiol groups is 1. The van der Waals surface area contributed by atoms with E-state index in [1.165, 1.54) is 32.1 Å². The van der Waals surface area contributed by atoms with Crippen LogP contribution >= 0.6 is 12.6 Å². The summed E-state index contributed by atoms with van der Waals surface area (Å²) in [5, 5.41) is 0. The first-order valence-electron chi connectivity index (χ1n) is 5.01. The van der Waals surface area contributed by atoms with Crippen molar-refractivity contribution in [1.29, 1.82) is 0 Å². The van der Waals surface area contributed by atoms with Crippen LogP contribution in [0.15, 0.2) is 0 Å². The van der Waals surface area contributed by atoms with E-state index in [4.69, 9.17) is 8.85 Å². The van der Waals surface area contributed by atoms with Crippen molar-refractivity contribution in [3.8, 4) is 0 Å². The monoisotopic (exact) mass is 222 g/mol. The highest BCUT2D eigenvalue weighted by molar-refractivity contribution is 7.80. The second-order valence-electron chi connectivity index (χ2n) is 3.18. The second-order valence-corrected chi connectivity index (χ2v) is 6.01. The molecule has 0 fully saturated rings. The zero-order valence-electron chi connectivity index (χ0n) is 8.79. The first-order valence-corrected chi connectivity index (χ1v) is 7.40. The average Bonchev–Trinajstić information content (AvgIpc) is 2.17. The highest BCUT2D eigenvalue weighted by Crippen LogP contribution is 2.08. The second kappa shape index (κ2) is 10.6. The zero-order valence-corrected chi connectivity index (χ0v) is 10.8. The summed E-state index contributed by atoms with van der Waals surface area (Å²) in [5.41, 5.74) is 0. The fourth-order valence-corrected chi connectivity index (χ4v) is 2.79. The van der Waals surface area contributed by atoms with E-state index in [9.17, 15) is 0 Å². The van der Waals surface area contributed by atoms with Crippen molar-refractivity contribution in [3.63, 3.8) is 0 Å². The summed E-state index contributed by atoms with van der Waals surface area (Å²) in [4.78, 5) is 0. The Labute approximate surface area is 89.3 Å². The number of hydrogen-bond acceptors (Lipinski definition) is 3. The molecule has 13 heavy (non-hydrogen) atoms. The normalized spacial score (nSPS) is 11.1. The van der Waals surface area contributed by atoms with E-state index in [1.807, 2.05) is 0 Å². The predicted molar refractivity (Wildman–Crippen MR) is 62.9 cm³/mol. The largest absolute Gasteiger partial charge is 0.400 e. The van der Waals surface area contributed by atoms with E-state index in [0.717, 1.165) is 11.8 Å². The Bertz CT molecular complexity index is 99.6. The maximum absolute atomic E-state index is 5.23. The molecule has 4 heteroatoms. The van der Waals surface area contributed by atoms with Crippen molar-refractivity contribution in [2.75, 3.05) is 20.0 Å². The smallest absolute Gasteiger partial charge is 0.320 e. The Morgan fingerprint density at radius 3 is 2.00 bits per heavy atom. The van der Waals surface area contributed by atoms with Gasteiger partial charge in [0.1, 0.15) is 0 Å². The van der Waals surface area contributed by atoms with Gasteiger partial charge in [0, 0.05) is 14.2 Å². The molecule has 0 aliphatic rings. The van der Waals surface area contributed by atoms with Gasteiger partial charge in [-0.15, -0.1) is 0 Å². The molecule has 0 aliphatic carbocycles. The van der Waals surface area contributed by atoms with Gasteiger partial charge in [0.2, 0.25) is 0 Å². The van der Waals surface area contributed by atoms with Crippen LogP contribution in [0.4, 0.5) is 0 Å². The quantitative estimate of drug-likeness (QED) is 0.367. The molecule has 0 N–H and O–H groups in total. The van der Waals surface area contributed by atoms with Crippen LogP contribution < -0.4 is 0 Å². The third-order valence-electron chi connectivity index (χ3n) is 2.12. The molecule has 0 aromatic heterocycles. The van der Waals surface area contributed by atoms with Gasteiger partial charge in [-0.05, 0) is 18.2 Å². The molecule has 0 radical (unpaired) electrons. The van der Waals surface area contributed by atoms with Crippen LogP contribution in [0.5, 0.6) is 0 Å². The molecule has 80 valence electrons. The van der Waals surface area contributed by atoms with Gasteiger partial charge in [-0.25, -0.2) is 0 Å². The van der Waals surface area contributed by atoms with Crippen molar-refractivity contribution in [3.05, 3.63) is 0 Å². The van der Waals surface area contributed by atoms with Gasteiger partial charge in [-0.1, -0.05) is 25.7 Å². The average molecular weight is 222 g/mol. The molecule has 0 aromatic rings. The maximum Gasteiger partial charge on any atom is 0.320 e. The van der Waals surface area contributed by atoms with Gasteiger partial charge in [-0.2, -0.15) is 12.6 Å². The van der Waals surface area contributed by atoms with E-state index < -0.39 is 9.28 Å². The summed E-state index contributed by atoms with van der Waals surface area (Å²) >= 11 is 4.18. The minimum absolute atomic E-state index is 1.02. The van der Waals surface area contributed by atoms with E-state index >= 15 is 0 Å². The zero-order chi connectivity index (χ0) is 9.94. The SMILES string of the molecule is CO[SiH](CCCCCCCS)OC. The summed E-state index contributed by atoms with van der Waals surface area (Å²) < 4.78 is 10.5. The van der Waals surface area contributed by atoms with E-state index in [0.29, 0.717) is 0 Å². The number of hydrogen-bond donors (Lipinski definition) is 1. The van der Waals surface area contributed by atoms with Gasteiger partial charge >= 0.3 is 9.28 Å². The Kier molecular flexibility index (Phi) is 11.0. The molecular weight excluding hydrogens is 200 g/mol. The Morgan fingerprint density at radius 2 is 1.46 bits per heavy atom. The lowest BCUT2D eigenvalue weighted by atomic mass is 10.2. The number of rotatable bonds is 9. The molecule has 0 aliphatic heterocycles. The first kappa shape index (κ1) is 13.5. The van der Waals surface area contributed by atoms with Crippen LogP contribution in [-0.4, -0.2) is 29.3 Å². The molecule has 0 heterocycles. The van der Waals surface area contributed by atoms with Gasteiger partial charge in [-0.3, -0.25) is 0 Å². The lowest BCUT2D eigenvalue weighted by Gasteiger charge is -2.09. The molecule has 0 amide bonds. The molecule has 0 unspecified atom stereocenters. The summed E-state index contributed by atoms with van der Waals surface area (Å²) in [7, 11) is 2.24. The fraction of sp³-hybridized carbons (Fsp3) is 1.00. The molecule has 0 spiro atoms. The van der Waals surface area contributed by atoms with Crippen molar-refractivity contribution in [1.82, 2.24) is 0 Å². The third kappa shape index (κ3) is 8.81.